The van der Waals surface area contributed by atoms with Gasteiger partial charge in [-0.25, -0.2) is 0 Å². The summed E-state index contributed by atoms with van der Waals surface area (Å²) in [5, 5.41) is 8.18. The molecule has 2 aromatic rings. The van der Waals surface area contributed by atoms with Crippen LogP contribution in [0.15, 0.2) is 59.7 Å². The minimum absolute atomic E-state index is 0.537. The lowest BCUT2D eigenvalue weighted by molar-refractivity contribution is -0.914. The quantitative estimate of drug-likeness (QED) is 0.584. The fourth-order valence-corrected chi connectivity index (χ4v) is 3.15. The normalized spacial score (nSPS) is 17.0. The van der Waals surface area contributed by atoms with Crippen LogP contribution in [0.25, 0.3) is 0 Å². The maximum absolute atomic E-state index is 5.31. The van der Waals surface area contributed by atoms with Crippen molar-refractivity contribution in [2.75, 3.05) is 18.4 Å². The Morgan fingerprint density at radius 2 is 1.72 bits per heavy atom. The molecule has 0 atom stereocenters. The fourth-order valence-electron chi connectivity index (χ4n) is 2.99. The topological polar surface area (TPSA) is 40.9 Å². The molecule has 1 fully saturated rings. The van der Waals surface area contributed by atoms with Crippen LogP contribution in [0.4, 0.5) is 5.69 Å². The van der Waals surface area contributed by atoms with E-state index in [4.69, 9.17) is 12.2 Å². The van der Waals surface area contributed by atoms with Crippen molar-refractivity contribution in [3.05, 3.63) is 65.7 Å². The van der Waals surface area contributed by atoms with Crippen molar-refractivity contribution in [1.29, 1.82) is 0 Å². The van der Waals surface area contributed by atoms with E-state index in [0.29, 0.717) is 5.11 Å². The zero-order valence-corrected chi connectivity index (χ0v) is 15.4. The molecule has 0 aromatic heterocycles. The second-order valence-corrected chi connectivity index (χ2v) is 6.93. The molecule has 1 heterocycles. The first-order valence-corrected chi connectivity index (χ1v) is 9.16. The summed E-state index contributed by atoms with van der Waals surface area (Å²) in [5.41, 5.74) is 7.79. The maximum atomic E-state index is 5.31. The lowest BCUT2D eigenvalue weighted by Crippen LogP contribution is -3.11. The number of aryl methyl sites for hydroxylation is 1. The molecule has 3 rings (SSSR count). The molecule has 3 N–H and O–H groups in total. The monoisotopic (exact) mass is 353 g/mol. The molecule has 4 nitrogen and oxygen atoms in total. The predicted molar refractivity (Wildman–Crippen MR) is 108 cm³/mol. The Kier molecular flexibility index (Phi) is 6.14. The minimum Gasteiger partial charge on any atom is -0.331 e. The second kappa shape index (κ2) is 8.74. The lowest BCUT2D eigenvalue weighted by atomic mass is 10.1. The van der Waals surface area contributed by atoms with Crippen LogP contribution in [0, 0.1) is 6.92 Å². The zero-order valence-electron chi connectivity index (χ0n) is 14.6. The van der Waals surface area contributed by atoms with Gasteiger partial charge in [0.2, 0.25) is 0 Å². The van der Waals surface area contributed by atoms with Crippen LogP contribution < -0.4 is 15.6 Å². The van der Waals surface area contributed by atoms with Crippen molar-refractivity contribution in [3.63, 3.8) is 0 Å². The fraction of sp³-hybridized carbons (Fsp3) is 0.300. The molecule has 0 saturated carbocycles. The first kappa shape index (κ1) is 17.6. The molecule has 0 spiro atoms. The summed E-state index contributed by atoms with van der Waals surface area (Å²) in [6.07, 6.45) is 2.03. The van der Waals surface area contributed by atoms with Crippen molar-refractivity contribution >= 4 is 28.7 Å². The van der Waals surface area contributed by atoms with E-state index in [1.165, 1.54) is 16.8 Å². The molecule has 0 bridgehead atoms. The van der Waals surface area contributed by atoms with Crippen molar-refractivity contribution in [2.24, 2.45) is 5.10 Å². The van der Waals surface area contributed by atoms with Crippen LogP contribution in [0.1, 0.15) is 24.0 Å². The van der Waals surface area contributed by atoms with Gasteiger partial charge in [-0.15, -0.1) is 0 Å². The lowest BCUT2D eigenvalue weighted by Gasteiger charge is -2.24. The number of quaternary nitrogens is 1. The highest BCUT2D eigenvalue weighted by Gasteiger charge is 2.18. The number of anilines is 1. The molecule has 0 aliphatic carbocycles. The van der Waals surface area contributed by atoms with E-state index in [-0.39, 0.29) is 0 Å². The van der Waals surface area contributed by atoms with Crippen LogP contribution in [-0.2, 0) is 6.54 Å². The van der Waals surface area contributed by atoms with E-state index in [0.717, 1.165) is 38.2 Å². The Morgan fingerprint density at radius 1 is 1.04 bits per heavy atom. The van der Waals surface area contributed by atoms with Crippen LogP contribution in [-0.4, -0.2) is 23.9 Å². The van der Waals surface area contributed by atoms with Crippen molar-refractivity contribution < 1.29 is 4.90 Å². The minimum atomic E-state index is 0.537. The van der Waals surface area contributed by atoms with Crippen LogP contribution in [0.3, 0.4) is 0 Å². The SMILES string of the molecule is Cc1ccc(NC(=S)NN=C2CC[NH+](Cc3ccccc3)CC2)cc1. The Bertz CT molecular complexity index is 715. The van der Waals surface area contributed by atoms with E-state index < -0.39 is 0 Å². The van der Waals surface area contributed by atoms with Gasteiger partial charge in [0.25, 0.3) is 0 Å². The number of rotatable bonds is 4. The number of hydrogen-bond acceptors (Lipinski definition) is 2. The summed E-state index contributed by atoms with van der Waals surface area (Å²) in [6.45, 7) is 5.40. The van der Waals surface area contributed by atoms with Crippen LogP contribution >= 0.6 is 12.2 Å². The number of nitrogens with zero attached hydrogens (tertiary/aromatic N) is 1. The Labute approximate surface area is 154 Å². The van der Waals surface area contributed by atoms with Crippen molar-refractivity contribution in [1.82, 2.24) is 5.43 Å². The van der Waals surface area contributed by atoms with Gasteiger partial charge in [-0.05, 0) is 31.3 Å². The standard InChI is InChI=1S/C20H24N4S/c1-16-7-9-18(10-8-16)21-20(25)23-22-19-11-13-24(14-12-19)15-17-5-3-2-4-6-17/h2-10H,11-15H2,1H3,(H2,21,23,25)/p+1. The van der Waals surface area contributed by atoms with Crippen LogP contribution in [0.5, 0.6) is 0 Å². The molecule has 130 valence electrons. The third-order valence-corrected chi connectivity index (χ3v) is 4.65. The first-order valence-electron chi connectivity index (χ1n) is 8.75. The number of likely N-dealkylation sites (tertiary alicyclic amines) is 1. The van der Waals surface area contributed by atoms with Gasteiger partial charge in [0.15, 0.2) is 5.11 Å². The number of piperidine rings is 1. The summed E-state index contributed by atoms with van der Waals surface area (Å²) in [4.78, 5) is 1.62. The van der Waals surface area contributed by atoms with Gasteiger partial charge in [-0.2, -0.15) is 5.10 Å². The summed E-state index contributed by atoms with van der Waals surface area (Å²) in [5.74, 6) is 0. The van der Waals surface area contributed by atoms with Gasteiger partial charge in [0, 0.05) is 29.8 Å². The number of hydrogen-bond donors (Lipinski definition) is 3. The van der Waals surface area contributed by atoms with Gasteiger partial charge in [0.05, 0.1) is 13.1 Å². The molecule has 1 saturated heterocycles. The van der Waals surface area contributed by atoms with Gasteiger partial charge < -0.3 is 10.2 Å². The molecule has 0 radical (unpaired) electrons. The third-order valence-electron chi connectivity index (χ3n) is 4.46. The summed E-state index contributed by atoms with van der Waals surface area (Å²) < 4.78 is 0. The van der Waals surface area contributed by atoms with Gasteiger partial charge in [-0.3, -0.25) is 5.43 Å². The maximum Gasteiger partial charge on any atom is 0.191 e. The largest absolute Gasteiger partial charge is 0.331 e. The molecule has 0 amide bonds. The molecule has 1 aliphatic rings. The first-order chi connectivity index (χ1) is 12.2. The van der Waals surface area contributed by atoms with E-state index in [2.05, 4.69) is 65.2 Å². The molecule has 2 aromatic carbocycles. The highest BCUT2D eigenvalue weighted by Crippen LogP contribution is 2.08. The predicted octanol–water partition coefficient (Wildman–Crippen LogP) is 2.52. The zero-order chi connectivity index (χ0) is 17.5. The highest BCUT2D eigenvalue weighted by atomic mass is 32.1. The summed E-state index contributed by atoms with van der Waals surface area (Å²) >= 11 is 5.31. The van der Waals surface area contributed by atoms with E-state index in [9.17, 15) is 0 Å². The van der Waals surface area contributed by atoms with E-state index in [1.807, 2.05) is 12.1 Å². The van der Waals surface area contributed by atoms with Crippen molar-refractivity contribution in [2.45, 2.75) is 26.3 Å². The molecule has 0 unspecified atom stereocenters. The number of hydrazone groups is 1. The molecular formula is C20H25N4S+. The Morgan fingerprint density at radius 3 is 2.40 bits per heavy atom. The van der Waals surface area contributed by atoms with E-state index >= 15 is 0 Å². The Balaban J connectivity index is 1.43. The highest BCUT2D eigenvalue weighted by molar-refractivity contribution is 7.80. The second-order valence-electron chi connectivity index (χ2n) is 6.52. The summed E-state index contributed by atoms with van der Waals surface area (Å²) in [6, 6.07) is 18.8. The average Bonchev–Trinajstić information content (AvgIpc) is 2.64. The number of benzene rings is 2. The summed E-state index contributed by atoms with van der Waals surface area (Å²) in [7, 11) is 0. The molecule has 5 heteroatoms. The number of nitrogens with one attached hydrogen (secondary N) is 3. The third kappa shape index (κ3) is 5.66. The van der Waals surface area contributed by atoms with Crippen LogP contribution in [0.2, 0.25) is 0 Å². The van der Waals surface area contributed by atoms with Crippen molar-refractivity contribution in [3.8, 4) is 0 Å². The number of thiocarbonyl (C=S) groups is 1. The van der Waals surface area contributed by atoms with Gasteiger partial charge in [-0.1, -0.05) is 48.0 Å². The molecule has 1 aliphatic heterocycles. The van der Waals surface area contributed by atoms with Gasteiger partial charge >= 0.3 is 0 Å². The molecule has 25 heavy (non-hydrogen) atoms. The van der Waals surface area contributed by atoms with Gasteiger partial charge in [0.1, 0.15) is 6.54 Å². The van der Waals surface area contributed by atoms with E-state index in [1.54, 1.807) is 4.90 Å². The average molecular weight is 354 g/mol. The Hall–Kier alpha value is -2.24. The molecular weight excluding hydrogens is 328 g/mol. The smallest absolute Gasteiger partial charge is 0.191 e.